The Labute approximate surface area is 81.1 Å². The summed E-state index contributed by atoms with van der Waals surface area (Å²) < 4.78 is 0. The van der Waals surface area contributed by atoms with E-state index in [4.69, 9.17) is 5.73 Å². The predicted octanol–water partition coefficient (Wildman–Crippen LogP) is 0.504. The Morgan fingerprint density at radius 1 is 1.50 bits per heavy atom. The number of hydrogen-bond donors (Lipinski definition) is 3. The number of hydrogen-bond acceptors (Lipinski definition) is 3. The molecular weight excluding hydrogens is 182 g/mol. The van der Waals surface area contributed by atoms with Gasteiger partial charge in [0.25, 0.3) is 0 Å². The number of urea groups is 1. The highest BCUT2D eigenvalue weighted by molar-refractivity contribution is 5.94. The molecule has 0 bridgehead atoms. The van der Waals surface area contributed by atoms with Crippen molar-refractivity contribution in [1.82, 2.24) is 5.32 Å². The lowest BCUT2D eigenvalue weighted by atomic mass is 10.2. The third-order valence-corrected chi connectivity index (χ3v) is 2.18. The average Bonchev–Trinajstić information content (AvgIpc) is 2.57. The van der Waals surface area contributed by atoms with Gasteiger partial charge in [-0.05, 0) is 18.2 Å². The van der Waals surface area contributed by atoms with E-state index in [2.05, 4.69) is 5.32 Å². The van der Waals surface area contributed by atoms with Crippen LogP contribution in [0.25, 0.3) is 0 Å². The zero-order valence-corrected chi connectivity index (χ0v) is 7.53. The fourth-order valence-electron chi connectivity index (χ4n) is 1.43. The lowest BCUT2D eigenvalue weighted by Crippen LogP contribution is -2.27. The lowest BCUT2D eigenvalue weighted by Gasteiger charge is -2.14. The quantitative estimate of drug-likeness (QED) is 0.449. The van der Waals surface area contributed by atoms with E-state index in [0.717, 1.165) is 0 Å². The number of carbonyl (C=O) groups is 1. The molecule has 2 amide bonds. The maximum atomic E-state index is 11.3. The number of benzene rings is 1. The van der Waals surface area contributed by atoms with Gasteiger partial charge in [-0.2, -0.15) is 0 Å². The van der Waals surface area contributed by atoms with Crippen molar-refractivity contribution in [3.63, 3.8) is 0 Å². The van der Waals surface area contributed by atoms with Crippen molar-refractivity contribution in [2.24, 2.45) is 0 Å². The number of nitrogens with two attached hydrogens (primary N) is 1. The summed E-state index contributed by atoms with van der Waals surface area (Å²) in [5.74, 6) is 0.0355. The molecule has 1 aliphatic heterocycles. The van der Waals surface area contributed by atoms with Crippen molar-refractivity contribution < 1.29 is 9.90 Å². The highest BCUT2D eigenvalue weighted by atomic mass is 16.3. The second-order valence-corrected chi connectivity index (χ2v) is 3.13. The fraction of sp³-hybridized carbons (Fsp3) is 0.222. The maximum Gasteiger partial charge on any atom is 0.321 e. The number of aromatic hydroxyl groups is 1. The lowest BCUT2D eigenvalue weighted by molar-refractivity contribution is 0.252. The summed E-state index contributed by atoms with van der Waals surface area (Å²) >= 11 is 0. The number of amides is 2. The molecule has 1 heterocycles. The van der Waals surface area contributed by atoms with Gasteiger partial charge in [0, 0.05) is 18.8 Å². The summed E-state index contributed by atoms with van der Waals surface area (Å²) in [6.07, 6.45) is 0. The molecule has 5 nitrogen and oxygen atoms in total. The summed E-state index contributed by atoms with van der Waals surface area (Å²) in [5.41, 5.74) is 6.51. The van der Waals surface area contributed by atoms with Gasteiger partial charge in [-0.3, -0.25) is 4.90 Å². The minimum absolute atomic E-state index is 0.0355. The third kappa shape index (κ3) is 1.32. The molecule has 4 N–H and O–H groups in total. The Bertz CT molecular complexity index is 378. The second kappa shape index (κ2) is 3.10. The van der Waals surface area contributed by atoms with Crippen molar-refractivity contribution in [3.8, 4) is 5.75 Å². The van der Waals surface area contributed by atoms with Gasteiger partial charge in [-0.1, -0.05) is 0 Å². The van der Waals surface area contributed by atoms with E-state index in [-0.39, 0.29) is 17.5 Å². The Morgan fingerprint density at radius 2 is 2.29 bits per heavy atom. The van der Waals surface area contributed by atoms with Gasteiger partial charge in [0.2, 0.25) is 0 Å². The van der Waals surface area contributed by atoms with Crippen LogP contribution in [0.2, 0.25) is 0 Å². The zero-order chi connectivity index (χ0) is 10.1. The number of anilines is 2. The molecule has 0 atom stereocenters. The molecule has 1 aromatic carbocycles. The Kier molecular flexibility index (Phi) is 1.92. The van der Waals surface area contributed by atoms with Crippen LogP contribution in [-0.2, 0) is 0 Å². The highest BCUT2D eigenvalue weighted by Gasteiger charge is 2.21. The molecule has 0 spiro atoms. The topological polar surface area (TPSA) is 78.6 Å². The molecule has 0 aliphatic carbocycles. The van der Waals surface area contributed by atoms with E-state index in [1.165, 1.54) is 6.07 Å². The first-order chi connectivity index (χ1) is 6.68. The Morgan fingerprint density at radius 3 is 2.86 bits per heavy atom. The summed E-state index contributed by atoms with van der Waals surface area (Å²) in [7, 11) is 0. The molecule has 1 aliphatic rings. The molecule has 0 radical (unpaired) electrons. The molecule has 1 aromatic rings. The predicted molar refractivity (Wildman–Crippen MR) is 53.3 cm³/mol. The molecule has 74 valence electrons. The van der Waals surface area contributed by atoms with Gasteiger partial charge >= 0.3 is 6.03 Å². The second-order valence-electron chi connectivity index (χ2n) is 3.13. The first kappa shape index (κ1) is 8.68. The van der Waals surface area contributed by atoms with E-state index in [9.17, 15) is 9.90 Å². The van der Waals surface area contributed by atoms with Crippen LogP contribution in [-0.4, -0.2) is 24.2 Å². The number of carbonyl (C=O) groups excluding carboxylic acids is 1. The molecule has 0 saturated carbocycles. The number of phenolic OH excluding ortho intramolecular Hbond substituents is 1. The molecule has 0 unspecified atom stereocenters. The smallest absolute Gasteiger partial charge is 0.321 e. The SMILES string of the molecule is Nc1cc(N2CCNC2=O)ccc1O. The molecule has 2 rings (SSSR count). The summed E-state index contributed by atoms with van der Waals surface area (Å²) in [4.78, 5) is 12.9. The monoisotopic (exact) mass is 193 g/mol. The van der Waals surface area contributed by atoms with Crippen LogP contribution in [0.3, 0.4) is 0 Å². The van der Waals surface area contributed by atoms with Crippen LogP contribution in [0.15, 0.2) is 18.2 Å². The van der Waals surface area contributed by atoms with Crippen LogP contribution >= 0.6 is 0 Å². The Balaban J connectivity index is 2.32. The zero-order valence-electron chi connectivity index (χ0n) is 7.53. The Hall–Kier alpha value is -1.91. The van der Waals surface area contributed by atoms with Crippen molar-refractivity contribution in [1.29, 1.82) is 0 Å². The molecule has 1 fully saturated rings. The maximum absolute atomic E-state index is 11.3. The van der Waals surface area contributed by atoms with E-state index < -0.39 is 0 Å². The van der Waals surface area contributed by atoms with Crippen LogP contribution in [0, 0.1) is 0 Å². The average molecular weight is 193 g/mol. The summed E-state index contributed by atoms with van der Waals surface area (Å²) in [6.45, 7) is 1.27. The molecule has 5 heteroatoms. The normalized spacial score (nSPS) is 15.7. The first-order valence-corrected chi connectivity index (χ1v) is 4.32. The third-order valence-electron chi connectivity index (χ3n) is 2.18. The van der Waals surface area contributed by atoms with Crippen molar-refractivity contribution in [2.75, 3.05) is 23.7 Å². The summed E-state index contributed by atoms with van der Waals surface area (Å²) in [5, 5.41) is 11.9. The van der Waals surface area contributed by atoms with Crippen LogP contribution in [0.4, 0.5) is 16.2 Å². The summed E-state index contributed by atoms with van der Waals surface area (Å²) in [6, 6.07) is 4.60. The molecular formula is C9H11N3O2. The van der Waals surface area contributed by atoms with Gasteiger partial charge in [0.15, 0.2) is 0 Å². The minimum atomic E-state index is -0.130. The van der Waals surface area contributed by atoms with Gasteiger partial charge in [0.1, 0.15) is 5.75 Å². The van der Waals surface area contributed by atoms with E-state index in [1.54, 1.807) is 17.0 Å². The minimum Gasteiger partial charge on any atom is -0.506 e. The van der Waals surface area contributed by atoms with Crippen LogP contribution < -0.4 is 16.0 Å². The standard InChI is InChI=1S/C9H11N3O2/c10-7-5-6(1-2-8(7)13)12-4-3-11-9(12)14/h1-2,5,13H,3-4,10H2,(H,11,14). The largest absolute Gasteiger partial charge is 0.506 e. The van der Waals surface area contributed by atoms with Crippen molar-refractivity contribution >= 4 is 17.4 Å². The van der Waals surface area contributed by atoms with E-state index in [1.807, 2.05) is 0 Å². The van der Waals surface area contributed by atoms with Crippen molar-refractivity contribution in [2.45, 2.75) is 0 Å². The van der Waals surface area contributed by atoms with Gasteiger partial charge < -0.3 is 16.2 Å². The number of nitrogens with zero attached hydrogens (tertiary/aromatic N) is 1. The molecule has 14 heavy (non-hydrogen) atoms. The number of nitrogen functional groups attached to an aromatic ring is 1. The first-order valence-electron chi connectivity index (χ1n) is 4.32. The highest BCUT2D eigenvalue weighted by Crippen LogP contribution is 2.26. The van der Waals surface area contributed by atoms with E-state index in [0.29, 0.717) is 18.8 Å². The number of phenols is 1. The van der Waals surface area contributed by atoms with Gasteiger partial charge in [-0.15, -0.1) is 0 Å². The van der Waals surface area contributed by atoms with Crippen LogP contribution in [0.5, 0.6) is 5.75 Å². The molecule has 0 aromatic heterocycles. The molecule has 1 saturated heterocycles. The van der Waals surface area contributed by atoms with E-state index >= 15 is 0 Å². The number of rotatable bonds is 1. The van der Waals surface area contributed by atoms with Crippen molar-refractivity contribution in [3.05, 3.63) is 18.2 Å². The van der Waals surface area contributed by atoms with Crippen LogP contribution in [0.1, 0.15) is 0 Å². The fourth-order valence-corrected chi connectivity index (χ4v) is 1.43. The number of nitrogens with one attached hydrogen (secondary N) is 1. The van der Waals surface area contributed by atoms with Gasteiger partial charge in [-0.25, -0.2) is 4.79 Å². The van der Waals surface area contributed by atoms with Gasteiger partial charge in [0.05, 0.1) is 5.69 Å².